The molecule has 1 amide bonds. The summed E-state index contributed by atoms with van der Waals surface area (Å²) >= 11 is 0. The average Bonchev–Trinajstić information content (AvgIpc) is 2.82. The number of H-pyrrole nitrogens is 1. The smallest absolute Gasteiger partial charge is 0.271 e. The summed E-state index contributed by atoms with van der Waals surface area (Å²) in [5.41, 5.74) is 2.18. The maximum atomic E-state index is 11.9. The van der Waals surface area contributed by atoms with E-state index in [1.165, 1.54) is 6.20 Å². The van der Waals surface area contributed by atoms with E-state index in [0.29, 0.717) is 18.1 Å². The molecule has 0 unspecified atom stereocenters. The van der Waals surface area contributed by atoms with Gasteiger partial charge in [-0.25, -0.2) is 4.98 Å². The van der Waals surface area contributed by atoms with Crippen LogP contribution in [0.5, 0.6) is 0 Å². The lowest BCUT2D eigenvalue weighted by atomic mass is 10.2. The molecule has 0 fully saturated rings. The maximum Gasteiger partial charge on any atom is 0.271 e. The van der Waals surface area contributed by atoms with Crippen LogP contribution in [-0.2, 0) is 6.54 Å². The Morgan fingerprint density at radius 3 is 2.89 bits per heavy atom. The summed E-state index contributed by atoms with van der Waals surface area (Å²) in [5, 5.41) is 12.5. The van der Waals surface area contributed by atoms with Crippen LogP contribution < -0.4 is 10.6 Å². The van der Waals surface area contributed by atoms with Crippen molar-refractivity contribution in [3.8, 4) is 0 Å². The van der Waals surface area contributed by atoms with Gasteiger partial charge in [-0.1, -0.05) is 0 Å². The van der Waals surface area contributed by atoms with E-state index in [9.17, 15) is 4.79 Å². The molecule has 7 nitrogen and oxygen atoms in total. The molecule has 2 heterocycles. The van der Waals surface area contributed by atoms with Crippen molar-refractivity contribution in [3.63, 3.8) is 0 Å². The third-order valence-corrected chi connectivity index (χ3v) is 2.60. The predicted molar refractivity (Wildman–Crippen MR) is 70.7 cm³/mol. The van der Waals surface area contributed by atoms with Crippen molar-refractivity contribution in [1.82, 2.24) is 25.5 Å². The van der Waals surface area contributed by atoms with Crippen LogP contribution in [0.1, 0.15) is 28.7 Å². The van der Waals surface area contributed by atoms with Gasteiger partial charge >= 0.3 is 0 Å². The van der Waals surface area contributed by atoms with Gasteiger partial charge in [0, 0.05) is 24.3 Å². The van der Waals surface area contributed by atoms with Crippen LogP contribution in [-0.4, -0.2) is 32.6 Å². The Bertz CT molecular complexity index is 565. The second-order valence-corrected chi connectivity index (χ2v) is 4.02. The van der Waals surface area contributed by atoms with E-state index >= 15 is 0 Å². The van der Waals surface area contributed by atoms with E-state index in [-0.39, 0.29) is 5.91 Å². The van der Waals surface area contributed by atoms with E-state index in [2.05, 4.69) is 30.8 Å². The molecule has 2 aromatic heterocycles. The number of aryl methyl sites for hydroxylation is 1. The Kier molecular flexibility index (Phi) is 4.07. The minimum absolute atomic E-state index is 0.257. The topological polar surface area (TPSA) is 95.6 Å². The van der Waals surface area contributed by atoms with Gasteiger partial charge in [0.25, 0.3) is 5.91 Å². The zero-order valence-corrected chi connectivity index (χ0v) is 10.9. The molecule has 0 bridgehead atoms. The van der Waals surface area contributed by atoms with Crippen LogP contribution in [0.15, 0.2) is 18.6 Å². The first-order chi connectivity index (χ1) is 9.20. The second kappa shape index (κ2) is 5.94. The number of aromatic amines is 1. The molecule has 0 aromatic carbocycles. The Hall–Kier alpha value is -2.44. The lowest BCUT2D eigenvalue weighted by Gasteiger charge is -2.06. The summed E-state index contributed by atoms with van der Waals surface area (Å²) in [4.78, 5) is 20.1. The molecule has 0 radical (unpaired) electrons. The number of rotatable bonds is 5. The van der Waals surface area contributed by atoms with Crippen molar-refractivity contribution in [2.24, 2.45) is 0 Å². The van der Waals surface area contributed by atoms with Gasteiger partial charge in [0.05, 0.1) is 18.6 Å². The predicted octanol–water partition coefficient (Wildman–Crippen LogP) is 0.870. The van der Waals surface area contributed by atoms with Crippen LogP contribution in [0.25, 0.3) is 0 Å². The van der Waals surface area contributed by atoms with Crippen LogP contribution >= 0.6 is 0 Å². The molecule has 0 spiro atoms. The van der Waals surface area contributed by atoms with Crippen LogP contribution in [0.3, 0.4) is 0 Å². The van der Waals surface area contributed by atoms with E-state index < -0.39 is 0 Å². The molecular formula is C12H16N6O. The lowest BCUT2D eigenvalue weighted by molar-refractivity contribution is 0.0945. The molecule has 2 rings (SSSR count). The molecule has 2 aromatic rings. The number of anilines is 1. The molecule has 0 atom stereocenters. The summed E-state index contributed by atoms with van der Waals surface area (Å²) in [7, 11) is 0. The Labute approximate surface area is 110 Å². The molecule has 0 saturated carbocycles. The summed E-state index contributed by atoms with van der Waals surface area (Å²) < 4.78 is 0. The minimum atomic E-state index is -0.257. The second-order valence-electron chi connectivity index (χ2n) is 4.02. The first-order valence-electron chi connectivity index (χ1n) is 6.03. The van der Waals surface area contributed by atoms with Gasteiger partial charge in [-0.05, 0) is 13.8 Å². The number of carbonyl (C=O) groups is 1. The third-order valence-electron chi connectivity index (χ3n) is 2.60. The highest BCUT2D eigenvalue weighted by atomic mass is 16.1. The van der Waals surface area contributed by atoms with Gasteiger partial charge in [0.1, 0.15) is 11.5 Å². The summed E-state index contributed by atoms with van der Waals surface area (Å²) in [6.45, 7) is 5.00. The third kappa shape index (κ3) is 3.27. The number of nitrogens with one attached hydrogen (secondary N) is 3. The quantitative estimate of drug-likeness (QED) is 0.741. The van der Waals surface area contributed by atoms with Crippen molar-refractivity contribution in [1.29, 1.82) is 0 Å². The monoisotopic (exact) mass is 260 g/mol. The van der Waals surface area contributed by atoms with Crippen molar-refractivity contribution in [2.75, 3.05) is 11.9 Å². The summed E-state index contributed by atoms with van der Waals surface area (Å²) in [5.74, 6) is 0.336. The van der Waals surface area contributed by atoms with Gasteiger partial charge in [-0.2, -0.15) is 5.10 Å². The van der Waals surface area contributed by atoms with Crippen LogP contribution in [0.2, 0.25) is 0 Å². The fraction of sp³-hybridized carbons (Fsp3) is 0.333. The zero-order chi connectivity index (χ0) is 13.7. The number of hydrogen-bond donors (Lipinski definition) is 3. The minimum Gasteiger partial charge on any atom is -0.369 e. The van der Waals surface area contributed by atoms with Gasteiger partial charge in [0.15, 0.2) is 0 Å². The molecule has 0 aliphatic heterocycles. The van der Waals surface area contributed by atoms with Crippen molar-refractivity contribution in [2.45, 2.75) is 20.4 Å². The first-order valence-corrected chi connectivity index (χ1v) is 6.03. The van der Waals surface area contributed by atoms with E-state index in [1.807, 2.05) is 13.8 Å². The standard InChI is InChI=1S/C12H16N6O/c1-3-14-11-7-13-6-10(17-11)12(19)15-4-9-5-16-18-8(9)2/h5-7H,3-4H2,1-2H3,(H,14,17)(H,15,19)(H,16,18). The Morgan fingerprint density at radius 2 is 2.21 bits per heavy atom. The first kappa shape index (κ1) is 13.0. The van der Waals surface area contributed by atoms with Gasteiger partial charge < -0.3 is 10.6 Å². The maximum absolute atomic E-state index is 11.9. The molecule has 7 heteroatoms. The van der Waals surface area contributed by atoms with Gasteiger partial charge in [-0.15, -0.1) is 0 Å². The SMILES string of the molecule is CCNc1cncc(C(=O)NCc2cn[nH]c2C)n1. The number of hydrogen-bond acceptors (Lipinski definition) is 5. The number of aromatic nitrogens is 4. The zero-order valence-electron chi connectivity index (χ0n) is 10.9. The largest absolute Gasteiger partial charge is 0.369 e. The van der Waals surface area contributed by atoms with Crippen LogP contribution in [0, 0.1) is 6.92 Å². The van der Waals surface area contributed by atoms with Crippen LogP contribution in [0.4, 0.5) is 5.82 Å². The van der Waals surface area contributed by atoms with Gasteiger partial charge in [0.2, 0.25) is 0 Å². The van der Waals surface area contributed by atoms with Crippen molar-refractivity contribution in [3.05, 3.63) is 35.5 Å². The highest BCUT2D eigenvalue weighted by molar-refractivity contribution is 5.92. The normalized spacial score (nSPS) is 10.2. The summed E-state index contributed by atoms with van der Waals surface area (Å²) in [6, 6.07) is 0. The molecule has 0 saturated heterocycles. The fourth-order valence-electron chi connectivity index (χ4n) is 1.56. The van der Waals surface area contributed by atoms with E-state index in [4.69, 9.17) is 0 Å². The molecule has 19 heavy (non-hydrogen) atoms. The molecule has 0 aliphatic rings. The Morgan fingerprint density at radius 1 is 1.37 bits per heavy atom. The summed E-state index contributed by atoms with van der Waals surface area (Å²) in [6.07, 6.45) is 4.72. The number of nitrogens with zero attached hydrogens (tertiary/aromatic N) is 3. The van der Waals surface area contributed by atoms with E-state index in [0.717, 1.165) is 17.8 Å². The average molecular weight is 260 g/mol. The Balaban J connectivity index is 2.00. The lowest BCUT2D eigenvalue weighted by Crippen LogP contribution is -2.24. The van der Waals surface area contributed by atoms with Gasteiger partial charge in [-0.3, -0.25) is 14.9 Å². The van der Waals surface area contributed by atoms with E-state index in [1.54, 1.807) is 12.4 Å². The number of carbonyl (C=O) groups excluding carboxylic acids is 1. The molecule has 100 valence electrons. The molecule has 3 N–H and O–H groups in total. The van der Waals surface area contributed by atoms with Crippen molar-refractivity contribution >= 4 is 11.7 Å². The highest BCUT2D eigenvalue weighted by Crippen LogP contribution is 2.04. The fourth-order valence-corrected chi connectivity index (χ4v) is 1.56. The number of amides is 1. The highest BCUT2D eigenvalue weighted by Gasteiger charge is 2.09. The molecular weight excluding hydrogens is 244 g/mol. The van der Waals surface area contributed by atoms with Crippen molar-refractivity contribution < 1.29 is 4.79 Å². The molecule has 0 aliphatic carbocycles.